The van der Waals surface area contributed by atoms with Gasteiger partial charge in [-0.3, -0.25) is 4.79 Å². The third kappa shape index (κ3) is 1.87. The summed E-state index contributed by atoms with van der Waals surface area (Å²) in [5, 5.41) is 2.48. The number of hydrogen-bond donors (Lipinski definition) is 1. The molecule has 0 saturated carbocycles. The fourth-order valence-electron chi connectivity index (χ4n) is 1.53. The number of hydrogen-bond acceptors (Lipinski definition) is 2. The van der Waals surface area contributed by atoms with E-state index < -0.39 is 0 Å². The van der Waals surface area contributed by atoms with E-state index in [9.17, 15) is 9.59 Å². The lowest BCUT2D eigenvalue weighted by molar-refractivity contribution is -0.115. The lowest BCUT2D eigenvalue weighted by atomic mass is 10.2. The van der Waals surface area contributed by atoms with Crippen molar-refractivity contribution in [1.82, 2.24) is 5.32 Å². The van der Waals surface area contributed by atoms with Crippen LogP contribution in [0.2, 0.25) is 0 Å². The number of halogens is 1. The molecule has 1 heterocycles. The molecule has 5 heteroatoms. The highest BCUT2D eigenvalue weighted by Gasteiger charge is 2.30. The van der Waals surface area contributed by atoms with Crippen molar-refractivity contribution in [3.63, 3.8) is 0 Å². The van der Waals surface area contributed by atoms with E-state index in [0.29, 0.717) is 5.69 Å². The molecule has 0 unspecified atom stereocenters. The molecular weight excluding hydrogens is 260 g/mol. The Kier molecular flexibility index (Phi) is 2.48. The molecule has 1 aromatic carbocycles. The Bertz CT molecular complexity index is 409. The Hall–Kier alpha value is -1.36. The van der Waals surface area contributed by atoms with Gasteiger partial charge in [0.2, 0.25) is 0 Å². The van der Waals surface area contributed by atoms with E-state index in [4.69, 9.17) is 0 Å². The minimum absolute atomic E-state index is 0.0738. The van der Waals surface area contributed by atoms with Crippen molar-refractivity contribution in [2.24, 2.45) is 0 Å². The highest BCUT2D eigenvalue weighted by atomic mass is 79.9. The van der Waals surface area contributed by atoms with Crippen LogP contribution >= 0.6 is 15.9 Å². The number of benzene rings is 1. The smallest absolute Gasteiger partial charge is 0.328 e. The molecule has 0 aliphatic carbocycles. The summed E-state index contributed by atoms with van der Waals surface area (Å²) in [6, 6.07) is 5.10. The summed E-state index contributed by atoms with van der Waals surface area (Å²) >= 11 is 3.33. The van der Waals surface area contributed by atoms with Crippen LogP contribution in [-0.2, 0) is 4.79 Å². The normalized spacial score (nSPS) is 15.7. The molecule has 3 amide bonds. The molecule has 0 aromatic heterocycles. The number of carbonyl (C=O) groups excluding carboxylic acids is 2. The molecule has 1 aliphatic rings. The summed E-state index contributed by atoms with van der Waals surface area (Å²) in [6.07, 6.45) is 0. The van der Waals surface area contributed by atoms with Crippen molar-refractivity contribution >= 4 is 33.6 Å². The number of carbonyl (C=O) groups is 2. The van der Waals surface area contributed by atoms with Gasteiger partial charge in [-0.15, -0.1) is 0 Å². The van der Waals surface area contributed by atoms with E-state index in [-0.39, 0.29) is 18.5 Å². The van der Waals surface area contributed by atoms with Crippen LogP contribution in [0.25, 0.3) is 0 Å². The van der Waals surface area contributed by atoms with Crippen LogP contribution in [0.4, 0.5) is 10.5 Å². The van der Waals surface area contributed by atoms with Crippen molar-refractivity contribution in [2.45, 2.75) is 6.92 Å². The van der Waals surface area contributed by atoms with Gasteiger partial charge in [0.1, 0.15) is 0 Å². The van der Waals surface area contributed by atoms with Crippen LogP contribution in [0, 0.1) is 6.92 Å². The predicted molar refractivity (Wildman–Crippen MR) is 59.8 cm³/mol. The molecule has 0 radical (unpaired) electrons. The Morgan fingerprint density at radius 2 is 2.07 bits per heavy atom. The molecule has 1 fully saturated rings. The maximum absolute atomic E-state index is 11.4. The molecule has 4 nitrogen and oxygen atoms in total. The van der Waals surface area contributed by atoms with Gasteiger partial charge in [-0.05, 0) is 30.7 Å². The van der Waals surface area contributed by atoms with Gasteiger partial charge in [-0.1, -0.05) is 15.9 Å². The monoisotopic (exact) mass is 268 g/mol. The number of amides is 3. The Balaban J connectivity index is 2.44. The third-order valence-electron chi connectivity index (χ3n) is 2.13. The van der Waals surface area contributed by atoms with Gasteiger partial charge in [-0.2, -0.15) is 0 Å². The number of imide groups is 1. The first-order chi connectivity index (χ1) is 7.08. The Labute approximate surface area is 95.4 Å². The number of urea groups is 1. The predicted octanol–water partition coefficient (Wildman–Crippen LogP) is 1.81. The zero-order chi connectivity index (χ0) is 11.0. The first kappa shape index (κ1) is 10.2. The van der Waals surface area contributed by atoms with Gasteiger partial charge in [-0.25, -0.2) is 9.69 Å². The lowest BCUT2D eigenvalue weighted by Crippen LogP contribution is -2.30. The standard InChI is InChI=1S/C10H9BrN2O2/c1-6-2-7(11)4-8(3-6)13-9(14)5-12-10(13)15/h2-4H,5H2,1H3,(H,12,15). The molecule has 2 rings (SSSR count). The van der Waals surface area contributed by atoms with Crippen LogP contribution in [0.1, 0.15) is 5.56 Å². The van der Waals surface area contributed by atoms with E-state index in [1.165, 1.54) is 0 Å². The highest BCUT2D eigenvalue weighted by molar-refractivity contribution is 9.10. The number of rotatable bonds is 1. The van der Waals surface area contributed by atoms with Crippen LogP contribution in [-0.4, -0.2) is 18.5 Å². The topological polar surface area (TPSA) is 49.4 Å². The molecule has 15 heavy (non-hydrogen) atoms. The van der Waals surface area contributed by atoms with Gasteiger partial charge in [0, 0.05) is 4.47 Å². The lowest BCUT2D eigenvalue weighted by Gasteiger charge is -2.13. The fourth-order valence-corrected chi connectivity index (χ4v) is 2.13. The summed E-state index contributed by atoms with van der Waals surface area (Å²) in [6.45, 7) is 1.98. The first-order valence-corrected chi connectivity index (χ1v) is 5.25. The average molecular weight is 269 g/mol. The second-order valence-corrected chi connectivity index (χ2v) is 4.29. The second-order valence-electron chi connectivity index (χ2n) is 3.37. The summed E-state index contributed by atoms with van der Waals surface area (Å²) < 4.78 is 0.852. The summed E-state index contributed by atoms with van der Waals surface area (Å²) in [7, 11) is 0. The van der Waals surface area contributed by atoms with Crippen LogP contribution < -0.4 is 10.2 Å². The molecule has 78 valence electrons. The molecule has 0 spiro atoms. The Morgan fingerprint density at radius 1 is 1.33 bits per heavy atom. The SMILES string of the molecule is Cc1cc(Br)cc(N2C(=O)CNC2=O)c1. The van der Waals surface area contributed by atoms with Crippen molar-refractivity contribution in [3.05, 3.63) is 28.2 Å². The van der Waals surface area contributed by atoms with Crippen molar-refractivity contribution in [1.29, 1.82) is 0 Å². The molecule has 1 N–H and O–H groups in total. The average Bonchev–Trinajstić information content (AvgIpc) is 2.44. The number of aryl methyl sites for hydroxylation is 1. The summed E-state index contributed by atoms with van der Waals surface area (Å²) in [5.41, 5.74) is 1.59. The quantitative estimate of drug-likeness (QED) is 0.790. The molecule has 0 atom stereocenters. The van der Waals surface area contributed by atoms with E-state index >= 15 is 0 Å². The summed E-state index contributed by atoms with van der Waals surface area (Å²) in [4.78, 5) is 24.0. The molecular formula is C10H9BrN2O2. The molecule has 1 saturated heterocycles. The maximum atomic E-state index is 11.4. The van der Waals surface area contributed by atoms with Crippen LogP contribution in [0.15, 0.2) is 22.7 Å². The zero-order valence-corrected chi connectivity index (χ0v) is 9.67. The largest absolute Gasteiger partial charge is 0.329 e. The number of nitrogens with zero attached hydrogens (tertiary/aromatic N) is 1. The van der Waals surface area contributed by atoms with Crippen molar-refractivity contribution in [2.75, 3.05) is 11.4 Å². The fraction of sp³-hybridized carbons (Fsp3) is 0.200. The van der Waals surface area contributed by atoms with Crippen LogP contribution in [0.3, 0.4) is 0 Å². The summed E-state index contributed by atoms with van der Waals surface area (Å²) in [5.74, 6) is -0.225. The van der Waals surface area contributed by atoms with Gasteiger partial charge < -0.3 is 5.32 Å². The van der Waals surface area contributed by atoms with E-state index in [2.05, 4.69) is 21.2 Å². The van der Waals surface area contributed by atoms with Crippen molar-refractivity contribution in [3.8, 4) is 0 Å². The minimum atomic E-state index is -0.363. The van der Waals surface area contributed by atoms with Gasteiger partial charge in [0.25, 0.3) is 5.91 Å². The third-order valence-corrected chi connectivity index (χ3v) is 2.59. The number of anilines is 1. The van der Waals surface area contributed by atoms with E-state index in [1.807, 2.05) is 13.0 Å². The Morgan fingerprint density at radius 3 is 2.60 bits per heavy atom. The van der Waals surface area contributed by atoms with Gasteiger partial charge >= 0.3 is 6.03 Å². The number of nitrogens with one attached hydrogen (secondary N) is 1. The highest BCUT2D eigenvalue weighted by Crippen LogP contribution is 2.24. The van der Waals surface area contributed by atoms with E-state index in [0.717, 1.165) is 14.9 Å². The zero-order valence-electron chi connectivity index (χ0n) is 8.08. The molecule has 0 bridgehead atoms. The first-order valence-electron chi connectivity index (χ1n) is 4.46. The maximum Gasteiger partial charge on any atom is 0.329 e. The second kappa shape index (κ2) is 3.66. The van der Waals surface area contributed by atoms with E-state index in [1.54, 1.807) is 12.1 Å². The minimum Gasteiger partial charge on any atom is -0.328 e. The molecule has 1 aromatic rings. The van der Waals surface area contributed by atoms with Crippen LogP contribution in [0.5, 0.6) is 0 Å². The van der Waals surface area contributed by atoms with Crippen molar-refractivity contribution < 1.29 is 9.59 Å². The molecule has 1 aliphatic heterocycles. The van der Waals surface area contributed by atoms with Gasteiger partial charge in [0.05, 0.1) is 12.2 Å². The van der Waals surface area contributed by atoms with Gasteiger partial charge in [0.15, 0.2) is 0 Å².